The zero-order chi connectivity index (χ0) is 11.4. The fraction of sp³-hybridized carbons (Fsp3) is 0.273. The van der Waals surface area contributed by atoms with Crippen LogP contribution in [0.15, 0.2) is 18.2 Å². The number of carbonyl (C=O) groups is 2. The summed E-state index contributed by atoms with van der Waals surface area (Å²) in [6.07, 6.45) is 0.204. The molecule has 4 heteroatoms. The summed E-state index contributed by atoms with van der Waals surface area (Å²) in [5, 5.41) is 0. The van der Waals surface area contributed by atoms with Crippen molar-refractivity contribution in [2.24, 2.45) is 0 Å². The van der Waals surface area contributed by atoms with E-state index in [4.69, 9.17) is 4.74 Å². The van der Waals surface area contributed by atoms with Crippen LogP contribution in [0.3, 0.4) is 0 Å². The fourth-order valence-electron chi connectivity index (χ4n) is 1.08. The van der Waals surface area contributed by atoms with Crippen molar-refractivity contribution in [2.45, 2.75) is 20.0 Å². The Hall–Kier alpha value is -1.71. The first-order valence-corrected chi connectivity index (χ1v) is 4.49. The third kappa shape index (κ3) is 3.16. The number of carbonyl (C=O) groups excluding carboxylic acids is 2. The largest absolute Gasteiger partial charge is 0.459 e. The van der Waals surface area contributed by atoms with Crippen molar-refractivity contribution >= 4 is 12.3 Å². The molecule has 0 bridgehead atoms. The number of esters is 1. The van der Waals surface area contributed by atoms with E-state index in [0.29, 0.717) is 6.29 Å². The highest BCUT2D eigenvalue weighted by Crippen LogP contribution is 2.10. The average Bonchev–Trinajstić information content (AvgIpc) is 2.15. The molecule has 1 rings (SSSR count). The molecule has 0 aromatic heterocycles. The first-order chi connectivity index (χ1) is 7.02. The van der Waals surface area contributed by atoms with Crippen LogP contribution in [0.1, 0.15) is 34.6 Å². The summed E-state index contributed by atoms with van der Waals surface area (Å²) in [6.45, 7) is 3.38. The average molecular weight is 210 g/mol. The van der Waals surface area contributed by atoms with Crippen LogP contribution in [0.5, 0.6) is 0 Å². The molecule has 0 spiro atoms. The van der Waals surface area contributed by atoms with Crippen LogP contribution >= 0.6 is 0 Å². The topological polar surface area (TPSA) is 43.4 Å². The van der Waals surface area contributed by atoms with E-state index in [1.807, 2.05) is 0 Å². The maximum absolute atomic E-state index is 12.9. The molecule has 0 N–H and O–H groups in total. The summed E-state index contributed by atoms with van der Waals surface area (Å²) >= 11 is 0. The van der Waals surface area contributed by atoms with Crippen LogP contribution in [0.25, 0.3) is 0 Å². The smallest absolute Gasteiger partial charge is 0.338 e. The summed E-state index contributed by atoms with van der Waals surface area (Å²) in [4.78, 5) is 21.8. The lowest BCUT2D eigenvalue weighted by molar-refractivity contribution is 0.0377. The fourth-order valence-corrected chi connectivity index (χ4v) is 1.08. The standard InChI is InChI=1S/C11H11FO3/c1-7(2)15-11(14)9-3-8(6-13)4-10(12)5-9/h3-7H,1-2H3. The lowest BCUT2D eigenvalue weighted by atomic mass is 10.1. The molecule has 1 aromatic carbocycles. The van der Waals surface area contributed by atoms with Gasteiger partial charge in [-0.25, -0.2) is 9.18 Å². The van der Waals surface area contributed by atoms with Crippen molar-refractivity contribution in [1.29, 1.82) is 0 Å². The monoisotopic (exact) mass is 210 g/mol. The SMILES string of the molecule is CC(C)OC(=O)c1cc(F)cc(C=O)c1. The van der Waals surface area contributed by atoms with E-state index in [-0.39, 0.29) is 17.2 Å². The molecule has 0 aliphatic heterocycles. The second kappa shape index (κ2) is 4.68. The number of ether oxygens (including phenoxy) is 1. The molecule has 1 aromatic rings. The molecule has 0 atom stereocenters. The highest BCUT2D eigenvalue weighted by molar-refractivity contribution is 5.91. The lowest BCUT2D eigenvalue weighted by Crippen LogP contribution is -2.12. The van der Waals surface area contributed by atoms with Crippen LogP contribution in [-0.4, -0.2) is 18.4 Å². The molecule has 15 heavy (non-hydrogen) atoms. The summed E-state index contributed by atoms with van der Waals surface area (Å²) in [6, 6.07) is 3.39. The molecular weight excluding hydrogens is 199 g/mol. The van der Waals surface area contributed by atoms with E-state index < -0.39 is 11.8 Å². The van der Waals surface area contributed by atoms with Crippen LogP contribution in [0, 0.1) is 5.82 Å². The van der Waals surface area contributed by atoms with Crippen LogP contribution in [0.4, 0.5) is 4.39 Å². The van der Waals surface area contributed by atoms with Crippen molar-refractivity contribution in [3.05, 3.63) is 35.1 Å². The van der Waals surface area contributed by atoms with Crippen LogP contribution in [-0.2, 0) is 4.74 Å². The van der Waals surface area contributed by atoms with Gasteiger partial charge < -0.3 is 4.74 Å². The first kappa shape index (κ1) is 11.4. The molecule has 0 heterocycles. The predicted octanol–water partition coefficient (Wildman–Crippen LogP) is 2.20. The number of halogens is 1. The van der Waals surface area contributed by atoms with E-state index in [2.05, 4.69) is 0 Å². The number of aldehydes is 1. The molecule has 0 aliphatic carbocycles. The van der Waals surface area contributed by atoms with Crippen LogP contribution in [0.2, 0.25) is 0 Å². The first-order valence-electron chi connectivity index (χ1n) is 4.49. The van der Waals surface area contributed by atoms with Gasteiger partial charge in [-0.05, 0) is 32.0 Å². The number of hydrogen-bond acceptors (Lipinski definition) is 3. The third-order valence-electron chi connectivity index (χ3n) is 1.63. The van der Waals surface area contributed by atoms with Gasteiger partial charge >= 0.3 is 5.97 Å². The number of rotatable bonds is 3. The summed E-state index contributed by atoms with van der Waals surface area (Å²) in [5.41, 5.74) is 0.163. The van der Waals surface area contributed by atoms with Crippen molar-refractivity contribution in [2.75, 3.05) is 0 Å². The summed E-state index contributed by atoms with van der Waals surface area (Å²) in [5.74, 6) is -1.26. The minimum atomic E-state index is -0.632. The second-order valence-corrected chi connectivity index (χ2v) is 3.35. The highest BCUT2D eigenvalue weighted by atomic mass is 19.1. The second-order valence-electron chi connectivity index (χ2n) is 3.35. The molecule has 0 aliphatic rings. The number of hydrogen-bond donors (Lipinski definition) is 0. The number of benzene rings is 1. The Kier molecular flexibility index (Phi) is 3.55. The molecule has 80 valence electrons. The Labute approximate surface area is 86.9 Å². The van der Waals surface area contributed by atoms with E-state index >= 15 is 0 Å². The van der Waals surface area contributed by atoms with Gasteiger partial charge in [-0.3, -0.25) is 4.79 Å². The van der Waals surface area contributed by atoms with E-state index in [1.54, 1.807) is 13.8 Å². The maximum Gasteiger partial charge on any atom is 0.338 e. The van der Waals surface area contributed by atoms with Gasteiger partial charge in [0.1, 0.15) is 12.1 Å². The highest BCUT2D eigenvalue weighted by Gasteiger charge is 2.11. The molecule has 3 nitrogen and oxygen atoms in total. The summed E-state index contributed by atoms with van der Waals surface area (Å²) < 4.78 is 17.8. The molecule has 0 fully saturated rings. The van der Waals surface area contributed by atoms with Crippen molar-refractivity contribution in [1.82, 2.24) is 0 Å². The molecule has 0 saturated carbocycles. The molecular formula is C11H11FO3. The lowest BCUT2D eigenvalue weighted by Gasteiger charge is -2.07. The van der Waals surface area contributed by atoms with Gasteiger partial charge in [0.25, 0.3) is 0 Å². The van der Waals surface area contributed by atoms with Gasteiger partial charge in [-0.2, -0.15) is 0 Å². The Morgan fingerprint density at radius 2 is 2.07 bits per heavy atom. The van der Waals surface area contributed by atoms with Gasteiger partial charge in [0.15, 0.2) is 0 Å². The van der Waals surface area contributed by atoms with Crippen LogP contribution < -0.4 is 0 Å². The minimum Gasteiger partial charge on any atom is -0.459 e. The Morgan fingerprint density at radius 3 is 2.60 bits per heavy atom. The maximum atomic E-state index is 12.9. The molecule has 0 radical (unpaired) electrons. The normalized spacial score (nSPS) is 10.1. The Balaban J connectivity index is 2.98. The van der Waals surface area contributed by atoms with Crippen molar-refractivity contribution in [3.8, 4) is 0 Å². The van der Waals surface area contributed by atoms with Gasteiger partial charge in [0.05, 0.1) is 11.7 Å². The van der Waals surface area contributed by atoms with Gasteiger partial charge in [-0.15, -0.1) is 0 Å². The zero-order valence-electron chi connectivity index (χ0n) is 8.49. The molecule has 0 unspecified atom stereocenters. The zero-order valence-corrected chi connectivity index (χ0v) is 8.49. The predicted molar refractivity (Wildman–Crippen MR) is 52.3 cm³/mol. The Bertz CT molecular complexity index is 385. The van der Waals surface area contributed by atoms with Crippen molar-refractivity contribution in [3.63, 3.8) is 0 Å². The van der Waals surface area contributed by atoms with Gasteiger partial charge in [0, 0.05) is 5.56 Å². The van der Waals surface area contributed by atoms with Gasteiger partial charge in [0.2, 0.25) is 0 Å². The molecule has 0 saturated heterocycles. The molecule has 0 amide bonds. The van der Waals surface area contributed by atoms with Gasteiger partial charge in [-0.1, -0.05) is 0 Å². The van der Waals surface area contributed by atoms with E-state index in [1.165, 1.54) is 6.07 Å². The van der Waals surface area contributed by atoms with E-state index in [0.717, 1.165) is 12.1 Å². The summed E-state index contributed by atoms with van der Waals surface area (Å²) in [7, 11) is 0. The third-order valence-corrected chi connectivity index (χ3v) is 1.63. The Morgan fingerprint density at radius 1 is 1.40 bits per heavy atom. The van der Waals surface area contributed by atoms with E-state index in [9.17, 15) is 14.0 Å². The quantitative estimate of drug-likeness (QED) is 0.567. The minimum absolute atomic E-state index is 0.0470. The van der Waals surface area contributed by atoms with Crippen molar-refractivity contribution < 1.29 is 18.7 Å².